The number of nitrogens with one attached hydrogen (secondary N) is 1. The molecule has 1 atom stereocenters. The maximum absolute atomic E-state index is 15.4. The Hall–Kier alpha value is -4.41. The van der Waals surface area contributed by atoms with Crippen LogP contribution in [-0.2, 0) is 26.2 Å². The van der Waals surface area contributed by atoms with E-state index in [0.717, 1.165) is 16.5 Å². The monoisotopic (exact) mass is 712 g/mol. The summed E-state index contributed by atoms with van der Waals surface area (Å²) in [6.45, 7) is 8.21. The number of halogens is 1. The zero-order valence-corrected chi connectivity index (χ0v) is 29.0. The summed E-state index contributed by atoms with van der Waals surface area (Å²) < 4.78 is 44.0. The molecule has 14 nitrogen and oxygen atoms in total. The number of hydrogen-bond donors (Lipinski definition) is 2. The summed E-state index contributed by atoms with van der Waals surface area (Å²) in [5.74, 6) is -3.35. The van der Waals surface area contributed by atoms with E-state index in [4.69, 9.17) is 0 Å². The molecular formula is C34H41FN6O8S. The normalized spacial score (nSPS) is 21.4. The molecule has 16 heteroatoms. The van der Waals surface area contributed by atoms with Crippen LogP contribution in [-0.4, -0.2) is 119 Å². The molecule has 50 heavy (non-hydrogen) atoms. The first-order valence-electron chi connectivity index (χ1n) is 16.7. The number of amides is 5. The molecule has 2 N–H and O–H groups in total. The smallest absolute Gasteiger partial charge is 0.407 e. The lowest BCUT2D eigenvalue weighted by molar-refractivity contribution is -0.136. The molecule has 0 spiro atoms. The minimum Gasteiger partial charge on any atom is -0.465 e. The quantitative estimate of drug-likeness (QED) is 0.407. The van der Waals surface area contributed by atoms with E-state index in [1.165, 1.54) is 15.3 Å². The number of carboxylic acid groups (broad SMARTS) is 1. The van der Waals surface area contributed by atoms with Gasteiger partial charge >= 0.3 is 6.09 Å². The van der Waals surface area contributed by atoms with Crippen LogP contribution in [0.25, 0.3) is 0 Å². The lowest BCUT2D eigenvalue weighted by atomic mass is 9.98. The van der Waals surface area contributed by atoms with Gasteiger partial charge in [-0.25, -0.2) is 17.6 Å². The first-order valence-corrected chi connectivity index (χ1v) is 18.1. The molecule has 5 amide bonds. The maximum Gasteiger partial charge on any atom is 0.407 e. The minimum absolute atomic E-state index is 0.00602. The third kappa shape index (κ3) is 6.71. The number of imide groups is 2. The summed E-state index contributed by atoms with van der Waals surface area (Å²) in [5, 5.41) is 11.9. The molecule has 0 radical (unpaired) electrons. The minimum atomic E-state index is -3.80. The molecule has 1 unspecified atom stereocenters. The van der Waals surface area contributed by atoms with Gasteiger partial charge in [0.2, 0.25) is 21.8 Å². The van der Waals surface area contributed by atoms with E-state index >= 15 is 4.39 Å². The lowest BCUT2D eigenvalue weighted by Gasteiger charge is -2.43. The SMILES string of the molecule is CC(C)(C)N(C(=O)O)C1CCN(S(=O)(=O)c2cccc(CN3CCN(c4cc5c(cc4F)C(=O)N(C4CCC(=O)NC4=O)C5=O)CC3)c2)CC1. The number of fused-ring (bicyclic) bond motifs is 1. The molecule has 3 saturated heterocycles. The van der Waals surface area contributed by atoms with E-state index in [0.29, 0.717) is 45.6 Å². The third-order valence-corrected chi connectivity index (χ3v) is 11.8. The highest BCUT2D eigenvalue weighted by Gasteiger charge is 2.45. The fraction of sp³-hybridized carbons (Fsp3) is 0.500. The van der Waals surface area contributed by atoms with Gasteiger partial charge in [-0.3, -0.25) is 34.3 Å². The second-order valence-corrected chi connectivity index (χ2v) is 16.1. The number of anilines is 1. The van der Waals surface area contributed by atoms with E-state index in [9.17, 15) is 37.5 Å². The van der Waals surface area contributed by atoms with Gasteiger partial charge in [0, 0.05) is 63.8 Å². The van der Waals surface area contributed by atoms with E-state index in [-0.39, 0.29) is 53.7 Å². The largest absolute Gasteiger partial charge is 0.465 e. The second-order valence-electron chi connectivity index (χ2n) is 14.2. The van der Waals surface area contributed by atoms with Crippen molar-refractivity contribution >= 4 is 45.4 Å². The fourth-order valence-electron chi connectivity index (χ4n) is 7.41. The Morgan fingerprint density at radius 3 is 2.18 bits per heavy atom. The van der Waals surface area contributed by atoms with Crippen molar-refractivity contribution in [1.82, 2.24) is 24.3 Å². The van der Waals surface area contributed by atoms with E-state index < -0.39 is 57.1 Å². The topological polar surface area (TPSA) is 168 Å². The van der Waals surface area contributed by atoms with Crippen LogP contribution in [0.15, 0.2) is 41.3 Å². The Kier molecular flexibility index (Phi) is 9.47. The summed E-state index contributed by atoms with van der Waals surface area (Å²) in [5.41, 5.74) is 0.245. The number of sulfonamides is 1. The number of rotatable bonds is 7. The average Bonchev–Trinajstić information content (AvgIpc) is 3.28. The molecule has 4 aliphatic heterocycles. The Bertz CT molecular complexity index is 1850. The number of carbonyl (C=O) groups is 5. The van der Waals surface area contributed by atoms with Crippen LogP contribution in [0, 0.1) is 5.82 Å². The Morgan fingerprint density at radius 1 is 0.940 bits per heavy atom. The average molecular weight is 713 g/mol. The van der Waals surface area contributed by atoms with E-state index in [1.807, 2.05) is 26.8 Å². The molecule has 2 aromatic carbocycles. The van der Waals surface area contributed by atoms with Crippen LogP contribution in [0.3, 0.4) is 0 Å². The van der Waals surface area contributed by atoms with Crippen LogP contribution >= 0.6 is 0 Å². The van der Waals surface area contributed by atoms with Crippen molar-refractivity contribution in [1.29, 1.82) is 0 Å². The number of hydrogen-bond acceptors (Lipinski definition) is 9. The predicted octanol–water partition coefficient (Wildman–Crippen LogP) is 2.48. The number of carbonyl (C=O) groups excluding carboxylic acids is 4. The van der Waals surface area contributed by atoms with Gasteiger partial charge in [-0.2, -0.15) is 4.31 Å². The zero-order valence-electron chi connectivity index (χ0n) is 28.2. The molecule has 4 heterocycles. The van der Waals surface area contributed by atoms with Gasteiger partial charge in [0.25, 0.3) is 11.8 Å². The van der Waals surface area contributed by atoms with Gasteiger partial charge in [0.1, 0.15) is 11.9 Å². The van der Waals surface area contributed by atoms with Crippen LogP contribution < -0.4 is 10.2 Å². The summed E-state index contributed by atoms with van der Waals surface area (Å²) >= 11 is 0. The second kappa shape index (κ2) is 13.4. The molecule has 0 aliphatic carbocycles. The van der Waals surface area contributed by atoms with Crippen molar-refractivity contribution < 1.29 is 41.9 Å². The predicted molar refractivity (Wildman–Crippen MR) is 178 cm³/mol. The molecule has 2 aromatic rings. The molecule has 3 fully saturated rings. The van der Waals surface area contributed by atoms with E-state index in [2.05, 4.69) is 10.2 Å². The van der Waals surface area contributed by atoms with Gasteiger partial charge in [-0.05, 0) is 69.9 Å². The summed E-state index contributed by atoms with van der Waals surface area (Å²) in [6, 6.07) is 7.74. The van der Waals surface area contributed by atoms with Gasteiger partial charge in [-0.1, -0.05) is 12.1 Å². The number of nitrogens with zero attached hydrogens (tertiary/aromatic N) is 5. The number of benzene rings is 2. The molecule has 268 valence electrons. The maximum atomic E-state index is 15.4. The van der Waals surface area contributed by atoms with Crippen molar-refractivity contribution in [2.24, 2.45) is 0 Å². The van der Waals surface area contributed by atoms with Crippen LogP contribution in [0.1, 0.15) is 72.7 Å². The summed E-state index contributed by atoms with van der Waals surface area (Å²) in [6.07, 6.45) is -0.221. The molecule has 0 aromatic heterocycles. The van der Waals surface area contributed by atoms with Gasteiger partial charge in [0.05, 0.1) is 21.7 Å². The first kappa shape index (κ1) is 35.4. The number of piperazine rings is 1. The molecule has 4 aliphatic rings. The highest BCUT2D eigenvalue weighted by atomic mass is 32.2. The lowest BCUT2D eigenvalue weighted by Crippen LogP contribution is -2.55. The van der Waals surface area contributed by atoms with Crippen LogP contribution in [0.2, 0.25) is 0 Å². The Labute approximate surface area is 289 Å². The highest BCUT2D eigenvalue weighted by molar-refractivity contribution is 7.89. The molecular weight excluding hydrogens is 671 g/mol. The first-order chi connectivity index (χ1) is 23.6. The van der Waals surface area contributed by atoms with Crippen molar-refractivity contribution in [2.45, 2.75) is 75.5 Å². The zero-order chi connectivity index (χ0) is 36.1. The van der Waals surface area contributed by atoms with Crippen LogP contribution in [0.4, 0.5) is 14.9 Å². The standard InChI is InChI=1S/C34H41FN6O8S/c1-34(2,3)41(33(46)47)22-9-11-39(12-10-22)50(48,49)23-6-4-5-21(17-23)20-37-13-15-38(16-14-37)28-19-25-24(18-26(28)35)31(44)40(32(25)45)27-7-8-29(42)36-30(27)43/h4-6,17-19,22,27H,7-16,20H2,1-3H3,(H,46,47)(H,36,42,43). The van der Waals surface area contributed by atoms with Gasteiger partial charge < -0.3 is 14.9 Å². The van der Waals surface area contributed by atoms with Crippen molar-refractivity contribution in [3.8, 4) is 0 Å². The van der Waals surface area contributed by atoms with Gasteiger partial charge in [-0.15, -0.1) is 0 Å². The van der Waals surface area contributed by atoms with Crippen LogP contribution in [0.5, 0.6) is 0 Å². The fourth-order valence-corrected chi connectivity index (χ4v) is 8.95. The summed E-state index contributed by atoms with van der Waals surface area (Å²) in [7, 11) is -3.80. The Morgan fingerprint density at radius 2 is 1.58 bits per heavy atom. The Balaban J connectivity index is 1.07. The molecule has 0 bridgehead atoms. The molecule has 6 rings (SSSR count). The third-order valence-electron chi connectivity index (χ3n) is 9.88. The van der Waals surface area contributed by atoms with Crippen molar-refractivity contribution in [2.75, 3.05) is 44.2 Å². The molecule has 0 saturated carbocycles. The van der Waals surface area contributed by atoms with E-state index in [1.54, 1.807) is 23.1 Å². The van der Waals surface area contributed by atoms with Crippen molar-refractivity contribution in [3.05, 3.63) is 58.9 Å². The highest BCUT2D eigenvalue weighted by Crippen LogP contribution is 2.33. The summed E-state index contributed by atoms with van der Waals surface area (Å²) in [4.78, 5) is 68.5. The number of piperidine rings is 2. The van der Waals surface area contributed by atoms with Gasteiger partial charge in [0.15, 0.2) is 0 Å². The van der Waals surface area contributed by atoms with Crippen molar-refractivity contribution in [3.63, 3.8) is 0 Å².